The third-order valence-corrected chi connectivity index (χ3v) is 6.58. The highest BCUT2D eigenvalue weighted by atomic mass is 32.1. The van der Waals surface area contributed by atoms with Crippen LogP contribution in [0.5, 0.6) is 0 Å². The van der Waals surface area contributed by atoms with Crippen LogP contribution < -0.4 is 0 Å². The smallest absolute Gasteiger partial charge is 0.239 e. The second-order valence-electron chi connectivity index (χ2n) is 7.58. The fourth-order valence-corrected chi connectivity index (χ4v) is 4.54. The van der Waals surface area contributed by atoms with Crippen LogP contribution in [0.4, 0.5) is 0 Å². The molecule has 2 aromatic heterocycles. The van der Waals surface area contributed by atoms with Crippen molar-refractivity contribution in [3.8, 4) is 10.7 Å². The Morgan fingerprint density at radius 1 is 1.21 bits per heavy atom. The first kappa shape index (κ1) is 20.5. The molecule has 0 spiro atoms. The van der Waals surface area contributed by atoms with E-state index in [0.717, 1.165) is 50.4 Å². The summed E-state index contributed by atoms with van der Waals surface area (Å²) in [5.74, 6) is 1.62. The SMILES string of the molecule is CC(C(=O)N1CCOCC1)N1CCN(CCCc2nc(-c3cccs3)no2)CC1. The molecular formula is C20H29N5O3S. The van der Waals surface area contributed by atoms with Gasteiger partial charge in [0.2, 0.25) is 17.6 Å². The van der Waals surface area contributed by atoms with Crippen molar-refractivity contribution in [3.63, 3.8) is 0 Å². The van der Waals surface area contributed by atoms with E-state index in [1.54, 1.807) is 11.3 Å². The molecule has 2 aliphatic heterocycles. The van der Waals surface area contributed by atoms with Gasteiger partial charge in [0.05, 0.1) is 24.1 Å². The number of thiophene rings is 1. The second-order valence-corrected chi connectivity index (χ2v) is 8.53. The first-order chi connectivity index (χ1) is 14.2. The van der Waals surface area contributed by atoms with Gasteiger partial charge >= 0.3 is 0 Å². The molecule has 0 aliphatic carbocycles. The molecule has 0 N–H and O–H groups in total. The fraction of sp³-hybridized carbons (Fsp3) is 0.650. The van der Waals surface area contributed by atoms with Crippen molar-refractivity contribution >= 4 is 17.2 Å². The molecule has 29 heavy (non-hydrogen) atoms. The number of hydrogen-bond donors (Lipinski definition) is 0. The number of hydrogen-bond acceptors (Lipinski definition) is 8. The lowest BCUT2D eigenvalue weighted by molar-refractivity contribution is -0.141. The molecule has 0 aromatic carbocycles. The molecule has 1 unspecified atom stereocenters. The first-order valence-corrected chi connectivity index (χ1v) is 11.3. The van der Waals surface area contributed by atoms with E-state index in [1.165, 1.54) is 0 Å². The zero-order valence-corrected chi connectivity index (χ0v) is 17.8. The molecule has 0 bridgehead atoms. The van der Waals surface area contributed by atoms with Gasteiger partial charge in [-0.25, -0.2) is 0 Å². The van der Waals surface area contributed by atoms with Gasteiger partial charge in [0, 0.05) is 45.7 Å². The van der Waals surface area contributed by atoms with Gasteiger partial charge in [0.15, 0.2) is 0 Å². The Morgan fingerprint density at radius 2 is 2.00 bits per heavy atom. The quantitative estimate of drug-likeness (QED) is 0.675. The minimum absolute atomic E-state index is 0.0516. The van der Waals surface area contributed by atoms with E-state index in [1.807, 2.05) is 29.3 Å². The topological polar surface area (TPSA) is 74.9 Å². The van der Waals surface area contributed by atoms with Crippen molar-refractivity contribution in [1.29, 1.82) is 0 Å². The number of morpholine rings is 1. The highest BCUT2D eigenvalue weighted by molar-refractivity contribution is 7.13. The zero-order chi connectivity index (χ0) is 20.1. The second kappa shape index (κ2) is 9.80. The number of ether oxygens (including phenoxy) is 1. The normalized spacial score (nSPS) is 20.1. The van der Waals surface area contributed by atoms with Crippen molar-refractivity contribution < 1.29 is 14.1 Å². The Hall–Kier alpha value is -1.81. The van der Waals surface area contributed by atoms with Crippen LogP contribution in [0.3, 0.4) is 0 Å². The minimum atomic E-state index is -0.0516. The maximum Gasteiger partial charge on any atom is 0.239 e. The van der Waals surface area contributed by atoms with Crippen molar-refractivity contribution in [1.82, 2.24) is 24.8 Å². The molecule has 0 saturated carbocycles. The van der Waals surface area contributed by atoms with E-state index in [9.17, 15) is 4.79 Å². The molecule has 4 heterocycles. The van der Waals surface area contributed by atoms with E-state index >= 15 is 0 Å². The Bertz CT molecular complexity index is 767. The summed E-state index contributed by atoms with van der Waals surface area (Å²) < 4.78 is 10.7. The maximum atomic E-state index is 12.7. The average molecular weight is 420 g/mol. The summed E-state index contributed by atoms with van der Waals surface area (Å²) in [5, 5.41) is 6.08. The van der Waals surface area contributed by atoms with Crippen LogP contribution in [-0.2, 0) is 16.0 Å². The Kier molecular flexibility index (Phi) is 6.91. The van der Waals surface area contributed by atoms with Gasteiger partial charge in [0.25, 0.3) is 0 Å². The maximum absolute atomic E-state index is 12.7. The van der Waals surface area contributed by atoms with Gasteiger partial charge in [-0.2, -0.15) is 4.98 Å². The standard InChI is InChI=1S/C20H29N5O3S/c1-16(20(26)25-11-13-27-14-12-25)24-9-7-23(8-10-24)6-2-5-18-21-19(22-28-18)17-4-3-15-29-17/h3-4,15-16H,2,5-14H2,1H3. The largest absolute Gasteiger partial charge is 0.378 e. The number of nitrogens with zero attached hydrogens (tertiary/aromatic N) is 5. The summed E-state index contributed by atoms with van der Waals surface area (Å²) in [6, 6.07) is 3.94. The van der Waals surface area contributed by atoms with Gasteiger partial charge in [-0.05, 0) is 31.3 Å². The number of carbonyl (C=O) groups is 1. The molecule has 2 aliphatic rings. The first-order valence-electron chi connectivity index (χ1n) is 10.4. The summed E-state index contributed by atoms with van der Waals surface area (Å²) in [5.41, 5.74) is 0. The number of piperazine rings is 1. The third kappa shape index (κ3) is 5.22. The van der Waals surface area contributed by atoms with Crippen molar-refractivity contribution in [3.05, 3.63) is 23.4 Å². The molecule has 2 fully saturated rings. The highest BCUT2D eigenvalue weighted by Crippen LogP contribution is 2.21. The summed E-state index contributed by atoms with van der Waals surface area (Å²) in [6.07, 6.45) is 1.79. The van der Waals surface area contributed by atoms with Crippen LogP contribution in [0.1, 0.15) is 19.2 Å². The van der Waals surface area contributed by atoms with Gasteiger partial charge in [-0.15, -0.1) is 11.3 Å². The third-order valence-electron chi connectivity index (χ3n) is 5.71. The summed E-state index contributed by atoms with van der Waals surface area (Å²) in [6.45, 7) is 9.63. The number of aryl methyl sites for hydroxylation is 1. The van der Waals surface area contributed by atoms with Crippen molar-refractivity contribution in [2.45, 2.75) is 25.8 Å². The number of amides is 1. The lowest BCUT2D eigenvalue weighted by Crippen LogP contribution is -2.55. The zero-order valence-electron chi connectivity index (χ0n) is 17.0. The average Bonchev–Trinajstić information content (AvgIpc) is 3.46. The minimum Gasteiger partial charge on any atom is -0.378 e. The number of carbonyl (C=O) groups excluding carboxylic acids is 1. The van der Waals surface area contributed by atoms with Crippen LogP contribution in [0, 0.1) is 0 Å². The van der Waals surface area contributed by atoms with E-state index in [4.69, 9.17) is 9.26 Å². The summed E-state index contributed by atoms with van der Waals surface area (Å²) >= 11 is 1.62. The van der Waals surface area contributed by atoms with Crippen LogP contribution in [0.25, 0.3) is 10.7 Å². The van der Waals surface area contributed by atoms with Crippen LogP contribution >= 0.6 is 11.3 Å². The predicted molar refractivity (Wildman–Crippen MR) is 111 cm³/mol. The molecule has 2 saturated heterocycles. The van der Waals surface area contributed by atoms with E-state index in [-0.39, 0.29) is 11.9 Å². The number of aromatic nitrogens is 2. The highest BCUT2D eigenvalue weighted by Gasteiger charge is 2.29. The summed E-state index contributed by atoms with van der Waals surface area (Å²) in [7, 11) is 0. The fourth-order valence-electron chi connectivity index (χ4n) is 3.89. The summed E-state index contributed by atoms with van der Waals surface area (Å²) in [4.78, 5) is 24.9. The Labute approximate surface area is 175 Å². The molecule has 9 heteroatoms. The van der Waals surface area contributed by atoms with Gasteiger partial charge < -0.3 is 19.1 Å². The van der Waals surface area contributed by atoms with Crippen molar-refractivity contribution in [2.24, 2.45) is 0 Å². The lowest BCUT2D eigenvalue weighted by atomic mass is 10.2. The molecule has 2 aromatic rings. The van der Waals surface area contributed by atoms with Crippen LogP contribution in [0.15, 0.2) is 22.0 Å². The molecule has 1 atom stereocenters. The van der Waals surface area contributed by atoms with E-state index in [0.29, 0.717) is 38.0 Å². The van der Waals surface area contributed by atoms with E-state index < -0.39 is 0 Å². The molecule has 4 rings (SSSR count). The molecule has 158 valence electrons. The van der Waals surface area contributed by atoms with Gasteiger partial charge in [0.1, 0.15) is 0 Å². The van der Waals surface area contributed by atoms with Crippen molar-refractivity contribution in [2.75, 3.05) is 59.0 Å². The van der Waals surface area contributed by atoms with Crippen LogP contribution in [0.2, 0.25) is 0 Å². The van der Waals surface area contributed by atoms with Gasteiger partial charge in [-0.1, -0.05) is 11.2 Å². The van der Waals surface area contributed by atoms with Gasteiger partial charge in [-0.3, -0.25) is 9.69 Å². The molecule has 1 amide bonds. The predicted octanol–water partition coefficient (Wildman–Crippen LogP) is 1.60. The van der Waals surface area contributed by atoms with E-state index in [2.05, 4.69) is 19.9 Å². The van der Waals surface area contributed by atoms with Crippen LogP contribution in [-0.4, -0.2) is 95.8 Å². The molecule has 0 radical (unpaired) electrons. The lowest BCUT2D eigenvalue weighted by Gasteiger charge is -2.39. The molecular weight excluding hydrogens is 390 g/mol. The Morgan fingerprint density at radius 3 is 2.72 bits per heavy atom. The Balaban J connectivity index is 1.17. The molecule has 8 nitrogen and oxygen atoms in total. The monoisotopic (exact) mass is 419 g/mol. The number of rotatable bonds is 7.